The van der Waals surface area contributed by atoms with Crippen molar-refractivity contribution in [3.05, 3.63) is 47.5 Å². The predicted octanol–water partition coefficient (Wildman–Crippen LogP) is 5.09. The molecule has 0 bridgehead atoms. The molecular formula is C17H20. The Labute approximate surface area is 104 Å². The van der Waals surface area contributed by atoms with Gasteiger partial charge in [0.2, 0.25) is 0 Å². The minimum absolute atomic E-state index is 0.326. The molecule has 1 aliphatic carbocycles. The summed E-state index contributed by atoms with van der Waals surface area (Å²) < 4.78 is 0. The van der Waals surface area contributed by atoms with Crippen LogP contribution in [0.15, 0.2) is 36.4 Å². The van der Waals surface area contributed by atoms with Crippen molar-refractivity contribution < 1.29 is 0 Å². The van der Waals surface area contributed by atoms with Crippen LogP contribution in [0.5, 0.6) is 0 Å². The lowest BCUT2D eigenvalue weighted by molar-refractivity contribution is 0.296. The van der Waals surface area contributed by atoms with Gasteiger partial charge in [-0.3, -0.25) is 0 Å². The summed E-state index contributed by atoms with van der Waals surface area (Å²) in [5.74, 6) is 1.28. The Hall–Kier alpha value is -1.30. The lowest BCUT2D eigenvalue weighted by atomic mass is 9.72. The Balaban J connectivity index is 2.34. The van der Waals surface area contributed by atoms with E-state index in [1.807, 2.05) is 0 Å². The molecule has 0 aliphatic heterocycles. The Kier molecular flexibility index (Phi) is 2.13. The molecule has 2 aromatic carbocycles. The van der Waals surface area contributed by atoms with Crippen LogP contribution in [0, 0.1) is 5.41 Å². The van der Waals surface area contributed by atoms with Gasteiger partial charge in [-0.1, -0.05) is 64.1 Å². The highest BCUT2D eigenvalue weighted by Crippen LogP contribution is 2.53. The Bertz CT molecular complexity index is 567. The molecule has 0 amide bonds. The predicted molar refractivity (Wildman–Crippen MR) is 74.6 cm³/mol. The summed E-state index contributed by atoms with van der Waals surface area (Å²) in [7, 11) is 0. The van der Waals surface area contributed by atoms with Crippen molar-refractivity contribution in [1.82, 2.24) is 0 Å². The van der Waals surface area contributed by atoms with Gasteiger partial charge in [0.05, 0.1) is 0 Å². The molecule has 2 aromatic rings. The maximum absolute atomic E-state index is 2.38. The Morgan fingerprint density at radius 1 is 0.882 bits per heavy atom. The van der Waals surface area contributed by atoms with Crippen LogP contribution in [0.1, 0.15) is 50.7 Å². The van der Waals surface area contributed by atoms with E-state index in [9.17, 15) is 0 Å². The Morgan fingerprint density at radius 3 is 2.06 bits per heavy atom. The molecule has 17 heavy (non-hydrogen) atoms. The molecule has 0 saturated heterocycles. The number of benzene rings is 2. The van der Waals surface area contributed by atoms with Crippen molar-refractivity contribution in [2.24, 2.45) is 5.41 Å². The first kappa shape index (κ1) is 10.8. The average molecular weight is 224 g/mol. The number of hydrogen-bond donors (Lipinski definition) is 0. The Morgan fingerprint density at radius 2 is 1.47 bits per heavy atom. The number of rotatable bonds is 0. The molecule has 2 atom stereocenters. The third-order valence-electron chi connectivity index (χ3n) is 4.23. The lowest BCUT2D eigenvalue weighted by Gasteiger charge is -2.32. The molecule has 2 unspecified atom stereocenters. The van der Waals surface area contributed by atoms with E-state index in [0.29, 0.717) is 17.3 Å². The third kappa shape index (κ3) is 1.43. The van der Waals surface area contributed by atoms with Crippen molar-refractivity contribution in [2.75, 3.05) is 0 Å². The summed E-state index contributed by atoms with van der Waals surface area (Å²) in [5, 5.41) is 2.92. The van der Waals surface area contributed by atoms with Gasteiger partial charge in [0.15, 0.2) is 0 Å². The van der Waals surface area contributed by atoms with E-state index in [-0.39, 0.29) is 0 Å². The SMILES string of the molecule is CC1c2cccc3cccc(c23)C1C(C)(C)C. The first-order chi connectivity index (χ1) is 8.00. The second kappa shape index (κ2) is 3.35. The van der Waals surface area contributed by atoms with Crippen LogP contribution >= 0.6 is 0 Å². The summed E-state index contributed by atoms with van der Waals surface area (Å²) in [6.45, 7) is 9.46. The molecule has 0 fully saturated rings. The molecular weight excluding hydrogens is 204 g/mol. The standard InChI is InChI=1S/C17H20/c1-11-13-9-5-7-12-8-6-10-14(15(12)13)16(11)17(2,3)4/h5-11,16H,1-4H3. The molecule has 0 saturated carbocycles. The fourth-order valence-electron chi connectivity index (χ4n) is 3.70. The summed E-state index contributed by atoms with van der Waals surface area (Å²) in [6.07, 6.45) is 0. The quantitative estimate of drug-likeness (QED) is 0.585. The molecule has 88 valence electrons. The normalized spacial score (nSPS) is 23.3. The van der Waals surface area contributed by atoms with Gasteiger partial charge in [-0.05, 0) is 39.2 Å². The number of hydrogen-bond acceptors (Lipinski definition) is 0. The molecule has 0 heterocycles. The lowest BCUT2D eigenvalue weighted by Crippen LogP contribution is -2.20. The molecule has 1 aliphatic rings. The van der Waals surface area contributed by atoms with Crippen molar-refractivity contribution in [3.8, 4) is 0 Å². The highest BCUT2D eigenvalue weighted by atomic mass is 14.4. The van der Waals surface area contributed by atoms with Gasteiger partial charge in [-0.15, -0.1) is 0 Å². The zero-order chi connectivity index (χ0) is 12.2. The average Bonchev–Trinajstić information content (AvgIpc) is 2.54. The molecule has 0 aromatic heterocycles. The maximum atomic E-state index is 2.38. The largest absolute Gasteiger partial charge is 0.0613 e. The van der Waals surface area contributed by atoms with Crippen LogP contribution in [-0.2, 0) is 0 Å². The van der Waals surface area contributed by atoms with Crippen molar-refractivity contribution in [1.29, 1.82) is 0 Å². The zero-order valence-electron chi connectivity index (χ0n) is 11.1. The van der Waals surface area contributed by atoms with Crippen molar-refractivity contribution in [3.63, 3.8) is 0 Å². The van der Waals surface area contributed by atoms with Crippen molar-refractivity contribution in [2.45, 2.75) is 39.5 Å². The van der Waals surface area contributed by atoms with Crippen LogP contribution in [0.2, 0.25) is 0 Å². The minimum atomic E-state index is 0.326. The third-order valence-corrected chi connectivity index (χ3v) is 4.23. The first-order valence-electron chi connectivity index (χ1n) is 6.51. The highest BCUT2D eigenvalue weighted by molar-refractivity contribution is 5.92. The summed E-state index contributed by atoms with van der Waals surface area (Å²) in [4.78, 5) is 0. The second-order valence-electron chi connectivity index (χ2n) is 6.42. The zero-order valence-corrected chi connectivity index (χ0v) is 11.1. The minimum Gasteiger partial charge on any atom is -0.0613 e. The van der Waals surface area contributed by atoms with Crippen LogP contribution in [0.4, 0.5) is 0 Å². The van der Waals surface area contributed by atoms with Crippen LogP contribution < -0.4 is 0 Å². The van der Waals surface area contributed by atoms with E-state index >= 15 is 0 Å². The van der Waals surface area contributed by atoms with E-state index in [4.69, 9.17) is 0 Å². The molecule has 0 heteroatoms. The monoisotopic (exact) mass is 224 g/mol. The molecule has 0 nitrogen and oxygen atoms in total. The van der Waals surface area contributed by atoms with Gasteiger partial charge in [-0.25, -0.2) is 0 Å². The molecule has 3 rings (SSSR count). The molecule has 0 N–H and O–H groups in total. The van der Waals surface area contributed by atoms with Gasteiger partial charge in [0, 0.05) is 0 Å². The van der Waals surface area contributed by atoms with Gasteiger partial charge in [0.1, 0.15) is 0 Å². The maximum Gasteiger partial charge on any atom is -0.00406 e. The van der Waals surface area contributed by atoms with E-state index in [0.717, 1.165) is 0 Å². The van der Waals surface area contributed by atoms with Crippen LogP contribution in [0.3, 0.4) is 0 Å². The fraction of sp³-hybridized carbons (Fsp3) is 0.412. The summed E-state index contributed by atoms with van der Waals surface area (Å²) in [5.41, 5.74) is 3.42. The summed E-state index contributed by atoms with van der Waals surface area (Å²) in [6, 6.07) is 13.5. The first-order valence-corrected chi connectivity index (χ1v) is 6.51. The van der Waals surface area contributed by atoms with Gasteiger partial charge < -0.3 is 0 Å². The highest BCUT2D eigenvalue weighted by Gasteiger charge is 2.38. The molecule has 0 spiro atoms. The smallest absolute Gasteiger partial charge is 0.00406 e. The van der Waals surface area contributed by atoms with E-state index in [2.05, 4.69) is 64.1 Å². The van der Waals surface area contributed by atoms with E-state index in [1.54, 1.807) is 5.56 Å². The fourth-order valence-corrected chi connectivity index (χ4v) is 3.70. The van der Waals surface area contributed by atoms with Crippen LogP contribution in [0.25, 0.3) is 10.8 Å². The summed E-state index contributed by atoms with van der Waals surface area (Å²) >= 11 is 0. The van der Waals surface area contributed by atoms with Gasteiger partial charge in [-0.2, -0.15) is 0 Å². The van der Waals surface area contributed by atoms with E-state index in [1.165, 1.54) is 16.3 Å². The second-order valence-corrected chi connectivity index (χ2v) is 6.42. The molecule has 0 radical (unpaired) electrons. The van der Waals surface area contributed by atoms with E-state index < -0.39 is 0 Å². The van der Waals surface area contributed by atoms with Crippen LogP contribution in [-0.4, -0.2) is 0 Å². The van der Waals surface area contributed by atoms with Crippen molar-refractivity contribution >= 4 is 10.8 Å². The van der Waals surface area contributed by atoms with Gasteiger partial charge in [0.25, 0.3) is 0 Å². The topological polar surface area (TPSA) is 0 Å². The van der Waals surface area contributed by atoms with Gasteiger partial charge >= 0.3 is 0 Å².